The molecule has 1 aliphatic rings. The van der Waals surface area contributed by atoms with Gasteiger partial charge in [0.15, 0.2) is 5.82 Å². The number of carbonyl (C=O) groups is 1. The fourth-order valence-corrected chi connectivity index (χ4v) is 4.19. The van der Waals surface area contributed by atoms with Crippen molar-refractivity contribution in [2.75, 3.05) is 11.9 Å². The lowest BCUT2D eigenvalue weighted by Crippen LogP contribution is -2.33. The molecule has 0 aliphatic carbocycles. The number of hydrogen-bond acceptors (Lipinski definition) is 3. The van der Waals surface area contributed by atoms with Gasteiger partial charge in [0.05, 0.1) is 12.2 Å². The second-order valence-electron chi connectivity index (χ2n) is 7.87. The number of rotatable bonds is 4. The molecule has 0 saturated carbocycles. The maximum Gasteiger partial charge on any atom is 0.257 e. The average Bonchev–Trinajstić information content (AvgIpc) is 3.16. The zero-order chi connectivity index (χ0) is 20.5. The second-order valence-corrected chi connectivity index (χ2v) is 7.87. The molecule has 30 heavy (non-hydrogen) atoms. The van der Waals surface area contributed by atoms with Gasteiger partial charge in [0.25, 0.3) is 5.91 Å². The highest BCUT2D eigenvalue weighted by Gasteiger charge is 2.20. The zero-order valence-corrected chi connectivity index (χ0v) is 17.0. The normalized spacial score (nSPS) is 13.9. The van der Waals surface area contributed by atoms with Gasteiger partial charge in [0.1, 0.15) is 0 Å². The van der Waals surface area contributed by atoms with Crippen molar-refractivity contribution in [1.82, 2.24) is 14.7 Å². The van der Waals surface area contributed by atoms with E-state index >= 15 is 0 Å². The van der Waals surface area contributed by atoms with Crippen molar-refractivity contribution < 1.29 is 4.79 Å². The first-order chi connectivity index (χ1) is 14.7. The van der Waals surface area contributed by atoms with Gasteiger partial charge in [0.2, 0.25) is 0 Å². The third-order valence-corrected chi connectivity index (χ3v) is 5.75. The highest BCUT2D eigenvalue weighted by atomic mass is 16.1. The number of benzene rings is 3. The highest BCUT2D eigenvalue weighted by molar-refractivity contribution is 6.13. The van der Waals surface area contributed by atoms with E-state index in [-0.39, 0.29) is 5.91 Å². The molecule has 1 amide bonds. The molecule has 150 valence electrons. The molecular weight excluding hydrogens is 372 g/mol. The van der Waals surface area contributed by atoms with Gasteiger partial charge in [-0.1, -0.05) is 60.7 Å². The number of nitrogens with one attached hydrogen (secondary N) is 1. The fourth-order valence-electron chi connectivity index (χ4n) is 4.19. The minimum Gasteiger partial charge on any atom is -0.305 e. The van der Waals surface area contributed by atoms with E-state index in [0.29, 0.717) is 11.4 Å². The fraction of sp³-hybridized carbons (Fsp3) is 0.200. The topological polar surface area (TPSA) is 50.2 Å². The molecule has 0 unspecified atom stereocenters. The Labute approximate surface area is 175 Å². The van der Waals surface area contributed by atoms with Crippen LogP contribution in [0.15, 0.2) is 72.8 Å². The molecule has 1 aromatic heterocycles. The molecular formula is C25H24N4O. The Balaban J connectivity index is 1.33. The van der Waals surface area contributed by atoms with E-state index < -0.39 is 0 Å². The number of nitrogens with zero attached hydrogens (tertiary/aromatic N) is 3. The summed E-state index contributed by atoms with van der Waals surface area (Å²) in [6.07, 6.45) is 0. The molecule has 1 aliphatic heterocycles. The number of aryl methyl sites for hydroxylation is 1. The number of fused-ring (bicyclic) bond motifs is 2. The summed E-state index contributed by atoms with van der Waals surface area (Å²) in [5.41, 5.74) is 4.28. The number of amides is 1. The summed E-state index contributed by atoms with van der Waals surface area (Å²) in [5, 5.41) is 9.68. The van der Waals surface area contributed by atoms with Gasteiger partial charge in [-0.25, -0.2) is 0 Å². The van der Waals surface area contributed by atoms with E-state index in [2.05, 4.69) is 52.6 Å². The van der Waals surface area contributed by atoms with Crippen LogP contribution in [-0.2, 0) is 19.6 Å². The lowest BCUT2D eigenvalue weighted by molar-refractivity contribution is 0.102. The van der Waals surface area contributed by atoms with Crippen LogP contribution >= 0.6 is 0 Å². The Morgan fingerprint density at radius 2 is 1.73 bits per heavy atom. The maximum absolute atomic E-state index is 13.0. The summed E-state index contributed by atoms with van der Waals surface area (Å²) in [7, 11) is 0. The van der Waals surface area contributed by atoms with Crippen LogP contribution in [0.25, 0.3) is 10.8 Å². The summed E-state index contributed by atoms with van der Waals surface area (Å²) in [4.78, 5) is 15.4. The highest BCUT2D eigenvalue weighted by Crippen LogP contribution is 2.24. The predicted molar refractivity (Wildman–Crippen MR) is 119 cm³/mol. The van der Waals surface area contributed by atoms with Crippen LogP contribution in [0.4, 0.5) is 5.82 Å². The second kappa shape index (κ2) is 7.76. The molecule has 0 fully saturated rings. The van der Waals surface area contributed by atoms with Crippen molar-refractivity contribution >= 4 is 22.5 Å². The van der Waals surface area contributed by atoms with E-state index in [1.807, 2.05) is 47.1 Å². The average molecular weight is 396 g/mol. The molecule has 1 N–H and O–H groups in total. The SMILES string of the molecule is Cc1ccc(C(=O)Nc2cc3n(n2)CCN(Cc2ccccc2)C3)c2ccccc12. The lowest BCUT2D eigenvalue weighted by atomic mass is 10.00. The molecule has 0 bridgehead atoms. The maximum atomic E-state index is 13.0. The summed E-state index contributed by atoms with van der Waals surface area (Å²) in [6.45, 7) is 5.58. The first-order valence-corrected chi connectivity index (χ1v) is 10.3. The van der Waals surface area contributed by atoms with Gasteiger partial charge in [-0.3, -0.25) is 14.4 Å². The Kier molecular flexibility index (Phi) is 4.81. The lowest BCUT2D eigenvalue weighted by Gasteiger charge is -2.27. The van der Waals surface area contributed by atoms with Crippen LogP contribution in [0.3, 0.4) is 0 Å². The van der Waals surface area contributed by atoms with Crippen LogP contribution in [0, 0.1) is 6.92 Å². The minimum atomic E-state index is -0.122. The Morgan fingerprint density at radius 3 is 2.57 bits per heavy atom. The van der Waals surface area contributed by atoms with Gasteiger partial charge in [-0.05, 0) is 34.9 Å². The number of hydrogen-bond donors (Lipinski definition) is 1. The Hall–Kier alpha value is -3.44. The van der Waals surface area contributed by atoms with Gasteiger partial charge < -0.3 is 5.32 Å². The summed E-state index contributed by atoms with van der Waals surface area (Å²) >= 11 is 0. The molecule has 0 radical (unpaired) electrons. The molecule has 0 spiro atoms. The van der Waals surface area contributed by atoms with Crippen LogP contribution in [0.5, 0.6) is 0 Å². The molecule has 0 atom stereocenters. The smallest absolute Gasteiger partial charge is 0.257 e. The van der Waals surface area contributed by atoms with Crippen molar-refractivity contribution in [3.05, 3.63) is 95.2 Å². The van der Waals surface area contributed by atoms with E-state index in [9.17, 15) is 4.79 Å². The largest absolute Gasteiger partial charge is 0.305 e. The van der Waals surface area contributed by atoms with E-state index in [1.54, 1.807) is 0 Å². The van der Waals surface area contributed by atoms with Crippen molar-refractivity contribution in [2.45, 2.75) is 26.6 Å². The number of aromatic nitrogens is 2. The Bertz CT molecular complexity index is 1210. The van der Waals surface area contributed by atoms with E-state index in [0.717, 1.165) is 48.2 Å². The predicted octanol–water partition coefficient (Wildman–Crippen LogP) is 4.61. The van der Waals surface area contributed by atoms with E-state index in [4.69, 9.17) is 0 Å². The van der Waals surface area contributed by atoms with Crippen LogP contribution < -0.4 is 5.32 Å². The van der Waals surface area contributed by atoms with Crippen molar-refractivity contribution in [3.63, 3.8) is 0 Å². The summed E-state index contributed by atoms with van der Waals surface area (Å²) < 4.78 is 2.00. The molecule has 3 aromatic carbocycles. The van der Waals surface area contributed by atoms with Crippen LogP contribution in [0.2, 0.25) is 0 Å². The number of carbonyl (C=O) groups excluding carboxylic acids is 1. The molecule has 4 aromatic rings. The first kappa shape index (κ1) is 18.6. The first-order valence-electron chi connectivity index (χ1n) is 10.3. The zero-order valence-electron chi connectivity index (χ0n) is 17.0. The summed E-state index contributed by atoms with van der Waals surface area (Å²) in [5.74, 6) is 0.490. The van der Waals surface area contributed by atoms with Crippen LogP contribution in [-0.4, -0.2) is 27.1 Å². The monoisotopic (exact) mass is 396 g/mol. The molecule has 5 nitrogen and oxygen atoms in total. The quantitative estimate of drug-likeness (QED) is 0.548. The minimum absolute atomic E-state index is 0.122. The van der Waals surface area contributed by atoms with Gasteiger partial charge in [0, 0.05) is 31.3 Å². The van der Waals surface area contributed by atoms with Gasteiger partial charge >= 0.3 is 0 Å². The standard InChI is InChI=1S/C25H24N4O/c1-18-11-12-23(22-10-6-5-9-21(18)22)25(30)26-24-15-20-17-28(13-14-29(20)27-24)16-19-7-3-2-4-8-19/h2-12,15H,13-14,16-17H2,1H3,(H,26,27,30). The number of anilines is 1. The van der Waals surface area contributed by atoms with Gasteiger partial charge in [-0.2, -0.15) is 5.10 Å². The van der Waals surface area contributed by atoms with Crippen LogP contribution in [0.1, 0.15) is 27.2 Å². The molecule has 5 rings (SSSR count). The third kappa shape index (κ3) is 3.60. The molecule has 5 heteroatoms. The molecule has 0 saturated heterocycles. The third-order valence-electron chi connectivity index (χ3n) is 5.75. The van der Waals surface area contributed by atoms with Crippen molar-refractivity contribution in [2.24, 2.45) is 0 Å². The summed E-state index contributed by atoms with van der Waals surface area (Å²) in [6, 6.07) is 24.4. The molecule has 2 heterocycles. The van der Waals surface area contributed by atoms with E-state index in [1.165, 1.54) is 5.56 Å². The van der Waals surface area contributed by atoms with Crippen molar-refractivity contribution in [3.8, 4) is 0 Å². The van der Waals surface area contributed by atoms with Crippen molar-refractivity contribution in [1.29, 1.82) is 0 Å². The Morgan fingerprint density at radius 1 is 0.967 bits per heavy atom. The van der Waals surface area contributed by atoms with Gasteiger partial charge in [-0.15, -0.1) is 0 Å².